The number of thioether (sulfide) groups is 1. The van der Waals surface area contributed by atoms with Gasteiger partial charge in [-0.25, -0.2) is 4.98 Å². The van der Waals surface area contributed by atoms with Crippen LogP contribution in [0.5, 0.6) is 0 Å². The number of aromatic nitrogens is 2. The normalized spacial score (nSPS) is 19.3. The second kappa shape index (κ2) is 5.11. The minimum Gasteiger partial charge on any atom is -0.292 e. The molecule has 1 atom stereocenters. The number of anilines is 1. The fraction of sp³-hybridized carbons (Fsp3) is 0.400. The third kappa shape index (κ3) is 2.91. The van der Waals surface area contributed by atoms with Gasteiger partial charge in [-0.1, -0.05) is 23.4 Å². The lowest BCUT2D eigenvalue weighted by Gasteiger charge is -2.14. The van der Waals surface area contributed by atoms with E-state index in [1.807, 2.05) is 0 Å². The Balaban J connectivity index is 2.21. The molecule has 0 bridgehead atoms. The molecular formula is C10H10ClN3O3S. The molecule has 0 spiro atoms. The van der Waals surface area contributed by atoms with Crippen molar-refractivity contribution in [3.8, 4) is 0 Å². The van der Waals surface area contributed by atoms with Gasteiger partial charge < -0.3 is 0 Å². The first-order valence-corrected chi connectivity index (χ1v) is 6.46. The number of carbonyl (C=O) groups excluding carboxylic acids is 2. The zero-order chi connectivity index (χ0) is 13.3. The summed E-state index contributed by atoms with van der Waals surface area (Å²) in [5.41, 5.74) is -0.416. The highest BCUT2D eigenvalue weighted by Crippen LogP contribution is 2.26. The van der Waals surface area contributed by atoms with Gasteiger partial charge in [-0.3, -0.25) is 24.3 Å². The average molecular weight is 288 g/mol. The number of nitrogens with zero attached hydrogens (tertiary/aromatic N) is 2. The number of aromatic amines is 1. The first-order valence-electron chi connectivity index (χ1n) is 5.20. The number of rotatable bonds is 2. The van der Waals surface area contributed by atoms with Gasteiger partial charge in [0.1, 0.15) is 5.15 Å². The highest BCUT2D eigenvalue weighted by molar-refractivity contribution is 8.14. The second-order valence-electron chi connectivity index (χ2n) is 3.83. The van der Waals surface area contributed by atoms with Crippen molar-refractivity contribution in [1.82, 2.24) is 9.97 Å². The molecule has 2 rings (SSSR count). The Hall–Kier alpha value is -1.34. The van der Waals surface area contributed by atoms with Crippen molar-refractivity contribution in [3.05, 3.63) is 21.6 Å². The molecule has 6 nitrogen and oxygen atoms in total. The molecule has 8 heteroatoms. The molecule has 1 unspecified atom stereocenters. The van der Waals surface area contributed by atoms with Crippen LogP contribution in [0.15, 0.2) is 10.9 Å². The summed E-state index contributed by atoms with van der Waals surface area (Å²) in [6.45, 7) is 1.80. The van der Waals surface area contributed by atoms with Crippen molar-refractivity contribution in [1.29, 1.82) is 0 Å². The average Bonchev–Trinajstić information content (AvgIpc) is 2.56. The molecule has 1 aliphatic rings. The van der Waals surface area contributed by atoms with Gasteiger partial charge in [-0.15, -0.1) is 0 Å². The van der Waals surface area contributed by atoms with Crippen molar-refractivity contribution in [2.75, 3.05) is 11.4 Å². The van der Waals surface area contributed by atoms with E-state index in [0.29, 0.717) is 6.54 Å². The standard InChI is InChI=1S/C10H10ClN3O3S/c1-5(15)18-6-2-9(17)14(4-6)10-12-7(11)3-8(16)13-10/h3,6H,2,4H2,1H3,(H,12,13,16). The van der Waals surface area contributed by atoms with E-state index >= 15 is 0 Å². The summed E-state index contributed by atoms with van der Waals surface area (Å²) in [6.07, 6.45) is 0.250. The molecule has 2 heterocycles. The Morgan fingerprint density at radius 3 is 2.94 bits per heavy atom. The van der Waals surface area contributed by atoms with E-state index in [1.165, 1.54) is 11.8 Å². The molecule has 0 aromatic carbocycles. The summed E-state index contributed by atoms with van der Waals surface area (Å²) in [6, 6.07) is 1.13. The highest BCUT2D eigenvalue weighted by Gasteiger charge is 2.33. The van der Waals surface area contributed by atoms with Crippen LogP contribution in [0.2, 0.25) is 5.15 Å². The van der Waals surface area contributed by atoms with Crippen molar-refractivity contribution in [3.63, 3.8) is 0 Å². The van der Waals surface area contributed by atoms with Crippen molar-refractivity contribution in [2.24, 2.45) is 0 Å². The van der Waals surface area contributed by atoms with Crippen molar-refractivity contribution >= 4 is 40.3 Å². The molecule has 0 aliphatic carbocycles. The molecule has 0 radical (unpaired) electrons. The number of carbonyl (C=O) groups is 2. The van der Waals surface area contributed by atoms with Crippen LogP contribution in [0.4, 0.5) is 5.95 Å². The molecule has 1 aromatic rings. The Morgan fingerprint density at radius 2 is 2.33 bits per heavy atom. The van der Waals surface area contributed by atoms with Crippen LogP contribution in [0, 0.1) is 0 Å². The third-order valence-electron chi connectivity index (χ3n) is 2.38. The van der Waals surface area contributed by atoms with Gasteiger partial charge in [0.25, 0.3) is 5.56 Å². The van der Waals surface area contributed by atoms with Gasteiger partial charge in [0, 0.05) is 31.2 Å². The van der Waals surface area contributed by atoms with Gasteiger partial charge in [0.15, 0.2) is 5.12 Å². The fourth-order valence-corrected chi connectivity index (χ4v) is 2.83. The predicted octanol–water partition coefficient (Wildman–Crippen LogP) is 0.808. The van der Waals surface area contributed by atoms with Gasteiger partial charge in [0.2, 0.25) is 11.9 Å². The van der Waals surface area contributed by atoms with Gasteiger partial charge in [-0.05, 0) is 0 Å². The van der Waals surface area contributed by atoms with E-state index in [1.54, 1.807) is 0 Å². The smallest absolute Gasteiger partial charge is 0.253 e. The second-order valence-corrected chi connectivity index (χ2v) is 5.70. The number of halogens is 1. The summed E-state index contributed by atoms with van der Waals surface area (Å²) >= 11 is 6.79. The molecule has 1 fully saturated rings. The van der Waals surface area contributed by atoms with Crippen LogP contribution in [0.1, 0.15) is 13.3 Å². The van der Waals surface area contributed by atoms with E-state index in [9.17, 15) is 14.4 Å². The van der Waals surface area contributed by atoms with Gasteiger partial charge >= 0.3 is 0 Å². The van der Waals surface area contributed by atoms with Gasteiger partial charge in [0.05, 0.1) is 0 Å². The Labute approximate surface area is 112 Å². The van der Waals surface area contributed by atoms with E-state index in [0.717, 1.165) is 17.8 Å². The number of H-pyrrole nitrogens is 1. The Kier molecular flexibility index (Phi) is 3.72. The predicted molar refractivity (Wildman–Crippen MR) is 68.9 cm³/mol. The van der Waals surface area contributed by atoms with Crippen LogP contribution >= 0.6 is 23.4 Å². The Bertz CT molecular complexity index is 560. The number of hydrogen-bond acceptors (Lipinski definition) is 5. The first kappa shape index (κ1) is 13.1. The minimum absolute atomic E-state index is 0.0317. The van der Waals surface area contributed by atoms with Crippen LogP contribution in [-0.2, 0) is 9.59 Å². The lowest BCUT2D eigenvalue weighted by molar-refractivity contribution is -0.117. The molecule has 1 N–H and O–H groups in total. The summed E-state index contributed by atoms with van der Waals surface area (Å²) < 4.78 is 0. The summed E-state index contributed by atoms with van der Waals surface area (Å²) in [4.78, 5) is 41.7. The number of amides is 1. The molecule has 0 saturated carbocycles. The zero-order valence-corrected chi connectivity index (χ0v) is 11.0. The topological polar surface area (TPSA) is 83.1 Å². The van der Waals surface area contributed by atoms with E-state index in [2.05, 4.69) is 9.97 Å². The molecule has 1 saturated heterocycles. The van der Waals surface area contributed by atoms with E-state index in [-0.39, 0.29) is 33.8 Å². The lowest BCUT2D eigenvalue weighted by atomic mass is 10.4. The molecule has 96 valence electrons. The molecular weight excluding hydrogens is 278 g/mol. The van der Waals surface area contributed by atoms with E-state index < -0.39 is 5.56 Å². The van der Waals surface area contributed by atoms with Crippen LogP contribution in [0.3, 0.4) is 0 Å². The largest absolute Gasteiger partial charge is 0.292 e. The molecule has 18 heavy (non-hydrogen) atoms. The molecule has 1 amide bonds. The van der Waals surface area contributed by atoms with Crippen LogP contribution < -0.4 is 10.5 Å². The third-order valence-corrected chi connectivity index (χ3v) is 3.55. The quantitative estimate of drug-likeness (QED) is 0.814. The van der Waals surface area contributed by atoms with Crippen molar-refractivity contribution in [2.45, 2.75) is 18.6 Å². The minimum atomic E-state index is -0.416. The van der Waals surface area contributed by atoms with E-state index in [4.69, 9.17) is 11.6 Å². The lowest BCUT2D eigenvalue weighted by Crippen LogP contribution is -2.29. The zero-order valence-electron chi connectivity index (χ0n) is 9.47. The SMILES string of the molecule is CC(=O)SC1CC(=O)N(c2nc(Cl)cc(=O)[nH]2)C1. The molecule has 1 aromatic heterocycles. The van der Waals surface area contributed by atoms with Crippen LogP contribution in [0.25, 0.3) is 0 Å². The van der Waals surface area contributed by atoms with Crippen LogP contribution in [-0.4, -0.2) is 32.8 Å². The summed E-state index contributed by atoms with van der Waals surface area (Å²) in [5.74, 6) is -0.0525. The van der Waals surface area contributed by atoms with Gasteiger partial charge in [-0.2, -0.15) is 0 Å². The summed E-state index contributed by atoms with van der Waals surface area (Å²) in [5, 5.41) is -0.120. The maximum absolute atomic E-state index is 11.8. The number of hydrogen-bond donors (Lipinski definition) is 1. The number of nitrogens with one attached hydrogen (secondary N) is 1. The van der Waals surface area contributed by atoms with Crippen molar-refractivity contribution < 1.29 is 9.59 Å². The maximum atomic E-state index is 11.8. The summed E-state index contributed by atoms with van der Waals surface area (Å²) in [7, 11) is 0. The first-order chi connectivity index (χ1) is 8.45. The highest BCUT2D eigenvalue weighted by atomic mass is 35.5. The maximum Gasteiger partial charge on any atom is 0.253 e. The molecule has 1 aliphatic heterocycles. The fourth-order valence-electron chi connectivity index (χ4n) is 1.74. The monoisotopic (exact) mass is 287 g/mol. The Morgan fingerprint density at radius 1 is 1.61 bits per heavy atom.